The molecule has 1 aliphatic rings. The largest absolute Gasteiger partial charge is 0.416 e. The van der Waals surface area contributed by atoms with Gasteiger partial charge in [-0.3, -0.25) is 9.59 Å². The maximum atomic E-state index is 13.9. The smallest absolute Gasteiger partial charge is 0.369 e. The number of alkyl halides is 3. The van der Waals surface area contributed by atoms with Gasteiger partial charge in [-0.1, -0.05) is 36.4 Å². The number of rotatable bonds is 4. The Morgan fingerprint density at radius 1 is 1.14 bits per heavy atom. The van der Waals surface area contributed by atoms with Crippen LogP contribution >= 0.6 is 0 Å². The molecule has 4 nitrogen and oxygen atoms in total. The maximum Gasteiger partial charge on any atom is 0.416 e. The Morgan fingerprint density at radius 2 is 1.86 bits per heavy atom. The Labute approximate surface area is 158 Å². The molecule has 2 aromatic carbocycles. The summed E-state index contributed by atoms with van der Waals surface area (Å²) in [6.45, 7) is 0.141. The van der Waals surface area contributed by atoms with Crippen LogP contribution < -0.4 is 5.73 Å². The summed E-state index contributed by atoms with van der Waals surface area (Å²) in [5.41, 5.74) is 5.08. The first-order chi connectivity index (χ1) is 13.2. The summed E-state index contributed by atoms with van der Waals surface area (Å²) in [6, 6.07) is 10.5. The van der Waals surface area contributed by atoms with Crippen molar-refractivity contribution < 1.29 is 27.2 Å². The Hall–Kier alpha value is -2.90. The summed E-state index contributed by atoms with van der Waals surface area (Å²) in [5.74, 6) is -4.06. The molecule has 1 heterocycles. The van der Waals surface area contributed by atoms with E-state index in [4.69, 9.17) is 5.73 Å². The van der Waals surface area contributed by atoms with Crippen molar-refractivity contribution >= 4 is 11.8 Å². The lowest BCUT2D eigenvalue weighted by Gasteiger charge is -2.37. The minimum absolute atomic E-state index is 0.0371. The van der Waals surface area contributed by atoms with E-state index in [1.165, 1.54) is 35.2 Å². The first kappa shape index (κ1) is 19.9. The molecule has 2 aromatic rings. The fraction of sp³-hybridized carbons (Fsp3) is 0.300. The third kappa shape index (κ3) is 4.00. The number of benzene rings is 2. The normalized spacial score (nSPS) is 20.3. The van der Waals surface area contributed by atoms with Crippen LogP contribution in [0.2, 0.25) is 0 Å². The molecule has 0 bridgehead atoms. The molecule has 148 valence electrons. The van der Waals surface area contributed by atoms with Gasteiger partial charge in [0.25, 0.3) is 0 Å². The number of nitrogens with two attached hydrogens (primary N) is 1. The lowest BCUT2D eigenvalue weighted by Crippen LogP contribution is -2.49. The van der Waals surface area contributed by atoms with Crippen LogP contribution in [0.15, 0.2) is 48.5 Å². The highest BCUT2D eigenvalue weighted by molar-refractivity contribution is 6.01. The van der Waals surface area contributed by atoms with Gasteiger partial charge >= 0.3 is 6.18 Å². The SMILES string of the molecule is NC(=O)C1C(=O)N(Cc2ccccc2F)CCC1c1cccc(C(F)(F)F)c1. The van der Waals surface area contributed by atoms with Gasteiger partial charge in [0.1, 0.15) is 11.7 Å². The van der Waals surface area contributed by atoms with Gasteiger partial charge in [-0.05, 0) is 24.1 Å². The predicted octanol–water partition coefficient (Wildman–Crippen LogP) is 3.46. The maximum absolute atomic E-state index is 13.9. The Bertz CT molecular complexity index is 898. The summed E-state index contributed by atoms with van der Waals surface area (Å²) in [5, 5.41) is 0. The highest BCUT2D eigenvalue weighted by Gasteiger charge is 2.42. The second-order valence-electron chi connectivity index (χ2n) is 6.75. The van der Waals surface area contributed by atoms with E-state index < -0.39 is 41.2 Å². The zero-order valence-corrected chi connectivity index (χ0v) is 14.7. The van der Waals surface area contributed by atoms with Crippen molar-refractivity contribution in [1.82, 2.24) is 4.90 Å². The van der Waals surface area contributed by atoms with Gasteiger partial charge < -0.3 is 10.6 Å². The summed E-state index contributed by atoms with van der Waals surface area (Å²) >= 11 is 0. The molecular formula is C20H18F4N2O2. The van der Waals surface area contributed by atoms with Crippen LogP contribution in [0.5, 0.6) is 0 Å². The minimum Gasteiger partial charge on any atom is -0.369 e. The highest BCUT2D eigenvalue weighted by Crippen LogP contribution is 2.37. The van der Waals surface area contributed by atoms with E-state index in [9.17, 15) is 27.2 Å². The third-order valence-electron chi connectivity index (χ3n) is 4.96. The summed E-state index contributed by atoms with van der Waals surface area (Å²) in [4.78, 5) is 26.1. The first-order valence-electron chi connectivity index (χ1n) is 8.67. The Kier molecular flexibility index (Phi) is 5.40. The first-order valence-corrected chi connectivity index (χ1v) is 8.67. The fourth-order valence-corrected chi connectivity index (χ4v) is 3.55. The van der Waals surface area contributed by atoms with Crippen LogP contribution in [0.3, 0.4) is 0 Å². The van der Waals surface area contributed by atoms with Crippen molar-refractivity contribution in [2.75, 3.05) is 6.54 Å². The number of hydrogen-bond donors (Lipinski definition) is 1. The van der Waals surface area contributed by atoms with Gasteiger partial charge in [-0.15, -0.1) is 0 Å². The molecule has 2 atom stereocenters. The van der Waals surface area contributed by atoms with Crippen LogP contribution in [0, 0.1) is 11.7 Å². The van der Waals surface area contributed by atoms with Gasteiger partial charge in [0, 0.05) is 24.6 Å². The van der Waals surface area contributed by atoms with Crippen LogP contribution in [-0.2, 0) is 22.3 Å². The monoisotopic (exact) mass is 394 g/mol. The summed E-state index contributed by atoms with van der Waals surface area (Å²) < 4.78 is 52.9. The summed E-state index contributed by atoms with van der Waals surface area (Å²) in [6.07, 6.45) is -4.29. The lowest BCUT2D eigenvalue weighted by molar-refractivity contribution is -0.145. The topological polar surface area (TPSA) is 63.4 Å². The second-order valence-corrected chi connectivity index (χ2v) is 6.75. The van der Waals surface area contributed by atoms with Crippen molar-refractivity contribution in [2.24, 2.45) is 11.7 Å². The molecule has 1 aliphatic heterocycles. The zero-order chi connectivity index (χ0) is 20.5. The zero-order valence-electron chi connectivity index (χ0n) is 14.7. The summed E-state index contributed by atoms with van der Waals surface area (Å²) in [7, 11) is 0. The van der Waals surface area contributed by atoms with E-state index in [1.807, 2.05) is 0 Å². The second kappa shape index (κ2) is 7.61. The van der Waals surface area contributed by atoms with Crippen molar-refractivity contribution in [2.45, 2.75) is 25.1 Å². The number of carbonyl (C=O) groups is 2. The molecule has 2 N–H and O–H groups in total. The number of amides is 2. The molecule has 2 amide bonds. The van der Waals surface area contributed by atoms with Crippen LogP contribution in [0.4, 0.5) is 17.6 Å². The average Bonchev–Trinajstić information content (AvgIpc) is 2.64. The molecule has 1 fully saturated rings. The Balaban J connectivity index is 1.88. The molecule has 3 rings (SSSR count). The average molecular weight is 394 g/mol. The molecule has 0 saturated carbocycles. The number of piperidine rings is 1. The van der Waals surface area contributed by atoms with Crippen molar-refractivity contribution in [3.63, 3.8) is 0 Å². The molecule has 0 radical (unpaired) electrons. The van der Waals surface area contributed by atoms with Crippen LogP contribution in [0.1, 0.15) is 29.0 Å². The van der Waals surface area contributed by atoms with Gasteiger partial charge in [-0.2, -0.15) is 13.2 Å². The van der Waals surface area contributed by atoms with E-state index in [-0.39, 0.29) is 30.6 Å². The van der Waals surface area contributed by atoms with E-state index >= 15 is 0 Å². The molecule has 8 heteroatoms. The quantitative estimate of drug-likeness (QED) is 0.638. The van der Waals surface area contributed by atoms with E-state index in [1.54, 1.807) is 6.07 Å². The van der Waals surface area contributed by atoms with Gasteiger partial charge in [-0.25, -0.2) is 4.39 Å². The highest BCUT2D eigenvalue weighted by atomic mass is 19.4. The molecule has 2 unspecified atom stereocenters. The molecule has 28 heavy (non-hydrogen) atoms. The third-order valence-corrected chi connectivity index (χ3v) is 4.96. The molecule has 1 saturated heterocycles. The van der Waals surface area contributed by atoms with Gasteiger partial charge in [0.05, 0.1) is 5.56 Å². The number of carbonyl (C=O) groups excluding carboxylic acids is 2. The molecule has 0 spiro atoms. The van der Waals surface area contributed by atoms with Gasteiger partial charge in [0.2, 0.25) is 11.8 Å². The number of hydrogen-bond acceptors (Lipinski definition) is 2. The number of likely N-dealkylation sites (tertiary alicyclic amines) is 1. The number of halogens is 4. The predicted molar refractivity (Wildman–Crippen MR) is 93.3 cm³/mol. The van der Waals surface area contributed by atoms with Crippen molar-refractivity contribution in [3.8, 4) is 0 Å². The molecular weight excluding hydrogens is 376 g/mol. The molecule has 0 aromatic heterocycles. The van der Waals surface area contributed by atoms with Crippen molar-refractivity contribution in [3.05, 3.63) is 71.0 Å². The van der Waals surface area contributed by atoms with Crippen LogP contribution in [-0.4, -0.2) is 23.3 Å². The van der Waals surface area contributed by atoms with Gasteiger partial charge in [0.15, 0.2) is 0 Å². The van der Waals surface area contributed by atoms with E-state index in [2.05, 4.69) is 0 Å². The van der Waals surface area contributed by atoms with Crippen molar-refractivity contribution in [1.29, 1.82) is 0 Å². The molecule has 0 aliphatic carbocycles. The van der Waals surface area contributed by atoms with Crippen LogP contribution in [0.25, 0.3) is 0 Å². The Morgan fingerprint density at radius 3 is 2.50 bits per heavy atom. The fourth-order valence-electron chi connectivity index (χ4n) is 3.55. The van der Waals surface area contributed by atoms with E-state index in [0.29, 0.717) is 0 Å². The minimum atomic E-state index is -4.53. The lowest BCUT2D eigenvalue weighted by atomic mass is 9.79. The number of nitrogens with zero attached hydrogens (tertiary/aromatic N) is 1. The number of primary amides is 1. The van der Waals surface area contributed by atoms with E-state index in [0.717, 1.165) is 12.1 Å². The standard InChI is InChI=1S/C20H18F4N2O2/c21-16-7-2-1-4-13(16)11-26-9-8-15(17(18(25)27)19(26)28)12-5-3-6-14(10-12)20(22,23)24/h1-7,10,15,17H,8-9,11H2,(H2,25,27).